The van der Waals surface area contributed by atoms with Crippen molar-refractivity contribution >= 4 is 23.2 Å². The first kappa shape index (κ1) is 19.4. The largest absolute Gasteiger partial charge is 0.497 e. The zero-order valence-corrected chi connectivity index (χ0v) is 17.5. The Morgan fingerprint density at radius 2 is 1.59 bits per heavy atom. The highest BCUT2D eigenvalue weighted by Crippen LogP contribution is 2.46. The Balaban J connectivity index is 1.76. The van der Waals surface area contributed by atoms with Crippen LogP contribution in [0, 0.1) is 0 Å². The molecule has 0 saturated heterocycles. The van der Waals surface area contributed by atoms with Crippen LogP contribution in [0.4, 0.5) is 5.69 Å². The molecule has 1 aliphatic heterocycles. The number of aliphatic imine (C=N–C) groups is 1. The summed E-state index contributed by atoms with van der Waals surface area (Å²) in [5.41, 5.74) is 4.36. The molecule has 148 valence electrons. The van der Waals surface area contributed by atoms with Gasteiger partial charge in [0, 0.05) is 22.3 Å². The van der Waals surface area contributed by atoms with Crippen molar-refractivity contribution < 1.29 is 14.2 Å². The average Bonchev–Trinajstić information content (AvgIpc) is 2.98. The summed E-state index contributed by atoms with van der Waals surface area (Å²) in [6.45, 7) is 0. The van der Waals surface area contributed by atoms with Crippen LogP contribution in [0.2, 0.25) is 0 Å². The van der Waals surface area contributed by atoms with Crippen LogP contribution in [0.25, 0.3) is 0 Å². The summed E-state index contributed by atoms with van der Waals surface area (Å²) < 4.78 is 16.2. The van der Waals surface area contributed by atoms with E-state index in [1.165, 1.54) is 10.5 Å². The molecule has 0 radical (unpaired) electrons. The molecule has 0 saturated carbocycles. The standard InChI is InChI=1S/C24H23NO3S/c1-26-18-11-8-16(9-12-18)20-15-24(29-23-7-5-4-6-19(23)25-20)17-10-13-21(27-2)22(14-17)28-3/h4-14,24H,15H2,1-3H3. The lowest BCUT2D eigenvalue weighted by molar-refractivity contribution is 0.354. The molecule has 5 heteroatoms. The summed E-state index contributed by atoms with van der Waals surface area (Å²) in [6, 6.07) is 22.5. The third-order valence-electron chi connectivity index (χ3n) is 4.97. The first-order chi connectivity index (χ1) is 14.2. The molecule has 0 aliphatic carbocycles. The summed E-state index contributed by atoms with van der Waals surface area (Å²) in [4.78, 5) is 6.19. The molecule has 0 spiro atoms. The molecular formula is C24H23NO3S. The zero-order valence-electron chi connectivity index (χ0n) is 16.7. The number of methoxy groups -OCH3 is 3. The summed E-state index contributed by atoms with van der Waals surface area (Å²) in [5, 5.41) is 0.208. The minimum absolute atomic E-state index is 0.208. The van der Waals surface area contributed by atoms with E-state index in [1.54, 1.807) is 21.3 Å². The number of hydrogen-bond acceptors (Lipinski definition) is 5. The van der Waals surface area contributed by atoms with Crippen molar-refractivity contribution in [3.8, 4) is 17.2 Å². The van der Waals surface area contributed by atoms with Gasteiger partial charge in [0.15, 0.2) is 11.5 Å². The lowest BCUT2D eigenvalue weighted by Crippen LogP contribution is -2.06. The van der Waals surface area contributed by atoms with E-state index in [2.05, 4.69) is 42.5 Å². The maximum absolute atomic E-state index is 5.53. The van der Waals surface area contributed by atoms with Gasteiger partial charge in [-0.15, -0.1) is 11.8 Å². The van der Waals surface area contributed by atoms with Crippen molar-refractivity contribution in [2.75, 3.05) is 21.3 Å². The van der Waals surface area contributed by atoms with Gasteiger partial charge in [0.2, 0.25) is 0 Å². The van der Waals surface area contributed by atoms with Crippen molar-refractivity contribution in [1.29, 1.82) is 0 Å². The number of rotatable bonds is 5. The first-order valence-corrected chi connectivity index (χ1v) is 10.3. The Bertz CT molecular complexity index is 1030. The molecule has 3 aromatic carbocycles. The van der Waals surface area contributed by atoms with E-state index in [0.29, 0.717) is 0 Å². The summed E-state index contributed by atoms with van der Waals surface area (Å²) >= 11 is 1.83. The van der Waals surface area contributed by atoms with Crippen LogP contribution in [0.5, 0.6) is 17.2 Å². The van der Waals surface area contributed by atoms with E-state index in [1.807, 2.05) is 36.0 Å². The van der Waals surface area contributed by atoms with Gasteiger partial charge >= 0.3 is 0 Å². The average molecular weight is 406 g/mol. The van der Waals surface area contributed by atoms with Crippen molar-refractivity contribution in [3.05, 3.63) is 77.9 Å². The number of nitrogens with zero attached hydrogens (tertiary/aromatic N) is 1. The summed E-state index contributed by atoms with van der Waals surface area (Å²) in [5.74, 6) is 2.32. The zero-order chi connectivity index (χ0) is 20.2. The predicted octanol–water partition coefficient (Wildman–Crippen LogP) is 6.07. The Morgan fingerprint density at radius 3 is 2.31 bits per heavy atom. The van der Waals surface area contributed by atoms with E-state index < -0.39 is 0 Å². The number of para-hydroxylation sites is 1. The number of fused-ring (bicyclic) bond motifs is 1. The van der Waals surface area contributed by atoms with Crippen molar-refractivity contribution in [3.63, 3.8) is 0 Å². The molecule has 4 rings (SSSR count). The van der Waals surface area contributed by atoms with E-state index in [-0.39, 0.29) is 5.25 Å². The molecule has 0 fully saturated rings. The molecule has 3 aromatic rings. The van der Waals surface area contributed by atoms with Gasteiger partial charge in [-0.2, -0.15) is 0 Å². The van der Waals surface area contributed by atoms with Crippen molar-refractivity contribution in [2.24, 2.45) is 4.99 Å². The predicted molar refractivity (Wildman–Crippen MR) is 118 cm³/mol. The minimum Gasteiger partial charge on any atom is -0.497 e. The molecule has 0 bridgehead atoms. The fourth-order valence-electron chi connectivity index (χ4n) is 3.42. The fourth-order valence-corrected chi connectivity index (χ4v) is 4.64. The van der Waals surface area contributed by atoms with Gasteiger partial charge in [-0.05, 0) is 59.7 Å². The molecular weight excluding hydrogens is 382 g/mol. The van der Waals surface area contributed by atoms with Gasteiger partial charge < -0.3 is 14.2 Å². The summed E-state index contributed by atoms with van der Waals surface area (Å²) in [7, 11) is 5.00. The van der Waals surface area contributed by atoms with Crippen LogP contribution >= 0.6 is 11.8 Å². The molecule has 0 N–H and O–H groups in total. The van der Waals surface area contributed by atoms with Crippen LogP contribution in [-0.2, 0) is 0 Å². The lowest BCUT2D eigenvalue weighted by Gasteiger charge is -2.18. The maximum Gasteiger partial charge on any atom is 0.161 e. The van der Waals surface area contributed by atoms with Crippen LogP contribution < -0.4 is 14.2 Å². The topological polar surface area (TPSA) is 40.0 Å². The van der Waals surface area contributed by atoms with Crippen LogP contribution in [0.1, 0.15) is 22.8 Å². The van der Waals surface area contributed by atoms with Gasteiger partial charge in [-0.25, -0.2) is 0 Å². The van der Waals surface area contributed by atoms with Gasteiger partial charge in [-0.3, -0.25) is 4.99 Å². The van der Waals surface area contributed by atoms with E-state index in [0.717, 1.165) is 40.6 Å². The van der Waals surface area contributed by atoms with Gasteiger partial charge in [0.1, 0.15) is 5.75 Å². The van der Waals surface area contributed by atoms with Gasteiger partial charge in [-0.1, -0.05) is 18.2 Å². The highest BCUT2D eigenvalue weighted by atomic mass is 32.2. The molecule has 1 heterocycles. The highest BCUT2D eigenvalue weighted by Gasteiger charge is 2.23. The fraction of sp³-hybridized carbons (Fsp3) is 0.208. The normalized spacial score (nSPS) is 15.7. The molecule has 29 heavy (non-hydrogen) atoms. The maximum atomic E-state index is 5.53. The third kappa shape index (κ3) is 4.10. The molecule has 1 atom stereocenters. The SMILES string of the molecule is COc1ccc(C2=Nc3ccccc3SC(c3ccc(OC)c(OC)c3)C2)cc1. The molecule has 0 amide bonds. The second kappa shape index (κ2) is 8.62. The highest BCUT2D eigenvalue weighted by molar-refractivity contribution is 7.99. The number of ether oxygens (including phenoxy) is 3. The van der Waals surface area contributed by atoms with Crippen LogP contribution in [0.3, 0.4) is 0 Å². The first-order valence-electron chi connectivity index (χ1n) is 9.41. The number of benzene rings is 3. The van der Waals surface area contributed by atoms with Crippen LogP contribution in [-0.4, -0.2) is 27.0 Å². The van der Waals surface area contributed by atoms with Crippen LogP contribution in [0.15, 0.2) is 76.6 Å². The molecule has 4 nitrogen and oxygen atoms in total. The van der Waals surface area contributed by atoms with E-state index in [4.69, 9.17) is 19.2 Å². The lowest BCUT2D eigenvalue weighted by atomic mass is 10.0. The van der Waals surface area contributed by atoms with Gasteiger partial charge in [0.25, 0.3) is 0 Å². The number of thioether (sulfide) groups is 1. The Labute approximate surface area is 175 Å². The molecule has 0 aromatic heterocycles. The Morgan fingerprint density at radius 1 is 0.828 bits per heavy atom. The van der Waals surface area contributed by atoms with E-state index >= 15 is 0 Å². The Hall–Kier alpha value is -2.92. The molecule has 1 aliphatic rings. The second-order valence-electron chi connectivity index (χ2n) is 6.68. The summed E-state index contributed by atoms with van der Waals surface area (Å²) in [6.07, 6.45) is 0.807. The number of hydrogen-bond donors (Lipinski definition) is 0. The second-order valence-corrected chi connectivity index (χ2v) is 7.92. The monoisotopic (exact) mass is 405 g/mol. The minimum atomic E-state index is 0.208. The Kier molecular flexibility index (Phi) is 5.76. The molecule has 1 unspecified atom stereocenters. The quantitative estimate of drug-likeness (QED) is 0.516. The van der Waals surface area contributed by atoms with E-state index in [9.17, 15) is 0 Å². The third-order valence-corrected chi connectivity index (χ3v) is 6.29. The smallest absolute Gasteiger partial charge is 0.161 e. The van der Waals surface area contributed by atoms with Crippen molar-refractivity contribution in [1.82, 2.24) is 0 Å². The van der Waals surface area contributed by atoms with Gasteiger partial charge in [0.05, 0.1) is 27.0 Å². The van der Waals surface area contributed by atoms with Crippen molar-refractivity contribution in [2.45, 2.75) is 16.6 Å².